The van der Waals surface area contributed by atoms with E-state index in [1.165, 1.54) is 16.4 Å². The summed E-state index contributed by atoms with van der Waals surface area (Å²) < 4.78 is 57.3. The van der Waals surface area contributed by atoms with Gasteiger partial charge >= 0.3 is 0 Å². The Bertz CT molecular complexity index is 2050. The molecule has 1 fully saturated rings. The van der Waals surface area contributed by atoms with E-state index >= 15 is 0 Å². The minimum absolute atomic E-state index is 0.0263. The molecule has 2 N–H and O–H groups in total. The van der Waals surface area contributed by atoms with Crippen LogP contribution in [0.2, 0.25) is 5.04 Å². The summed E-state index contributed by atoms with van der Waals surface area (Å²) in [7, 11) is -2.56. The fourth-order valence-corrected chi connectivity index (χ4v) is 12.9. The smallest absolute Gasteiger partial charge is 0.264 e. The van der Waals surface area contributed by atoms with Crippen molar-refractivity contribution in [3.63, 3.8) is 0 Å². The van der Waals surface area contributed by atoms with Gasteiger partial charge in [0, 0.05) is 19.4 Å². The number of nitrogens with one attached hydrogen (secondary N) is 2. The first-order valence-corrected chi connectivity index (χ1v) is 27.0. The molecule has 2 aliphatic rings. The molecule has 5 amide bonds. The third-order valence-electron chi connectivity index (χ3n) is 11.9. The summed E-state index contributed by atoms with van der Waals surface area (Å²) in [6, 6.07) is 24.7. The lowest BCUT2D eigenvalue weighted by Gasteiger charge is -2.43. The third-order valence-corrected chi connectivity index (χ3v) is 16.9. The van der Waals surface area contributed by atoms with Gasteiger partial charge in [-0.05, 0) is 46.8 Å². The van der Waals surface area contributed by atoms with E-state index in [1.54, 1.807) is 12.1 Å². The maximum atomic E-state index is 13.2. The Morgan fingerprint density at radius 2 is 1.00 bits per heavy atom. The highest BCUT2D eigenvalue weighted by Crippen LogP contribution is 2.37. The van der Waals surface area contributed by atoms with Crippen LogP contribution in [0.15, 0.2) is 78.9 Å². The molecule has 0 aliphatic carbocycles. The molecule has 0 aromatic heterocycles. The Labute approximate surface area is 425 Å². The van der Waals surface area contributed by atoms with Gasteiger partial charge in [0.05, 0.1) is 136 Å². The number of rotatable bonds is 38. The van der Waals surface area contributed by atoms with Gasteiger partial charge in [0.15, 0.2) is 0 Å². The van der Waals surface area contributed by atoms with Gasteiger partial charge in [-0.25, -0.2) is 0 Å². The molecule has 2 aliphatic heterocycles. The number of piperidine rings is 1. The van der Waals surface area contributed by atoms with Gasteiger partial charge in [-0.15, -0.1) is 0 Å². The Morgan fingerprint density at radius 1 is 0.556 bits per heavy atom. The molecular formula is C53H75N3O15Si. The number of hydrogen-bond donors (Lipinski definition) is 2. The number of carbonyl (C=O) groups excluding carboxylic acids is 5. The monoisotopic (exact) mass is 1020 g/mol. The van der Waals surface area contributed by atoms with Crippen LogP contribution in [-0.4, -0.2) is 174 Å². The number of unbranched alkanes of at least 4 members (excludes halogenated alkanes) is 2. The van der Waals surface area contributed by atoms with Crippen LogP contribution in [0, 0.1) is 0 Å². The highest BCUT2D eigenvalue weighted by atomic mass is 28.4. The lowest BCUT2D eigenvalue weighted by molar-refractivity contribution is -0.136. The maximum Gasteiger partial charge on any atom is 0.264 e. The second-order valence-electron chi connectivity index (χ2n) is 18.1. The molecule has 0 saturated carbocycles. The molecule has 1 atom stereocenters. The summed E-state index contributed by atoms with van der Waals surface area (Å²) in [4.78, 5) is 63.7. The number of anilines is 1. The summed E-state index contributed by atoms with van der Waals surface area (Å²) in [5.74, 6) is -2.72. The van der Waals surface area contributed by atoms with Crippen molar-refractivity contribution in [3.8, 4) is 0 Å². The largest absolute Gasteiger partial charge is 0.405 e. The van der Waals surface area contributed by atoms with E-state index < -0.39 is 38.0 Å². The van der Waals surface area contributed by atoms with Crippen molar-refractivity contribution in [2.45, 2.75) is 70.4 Å². The van der Waals surface area contributed by atoms with E-state index in [0.29, 0.717) is 132 Å². The molecule has 1 unspecified atom stereocenters. The fourth-order valence-electron chi connectivity index (χ4n) is 8.37. The van der Waals surface area contributed by atoms with Crippen LogP contribution in [0.1, 0.15) is 80.0 Å². The Kier molecular flexibility index (Phi) is 26.2. The number of nitrogens with zero attached hydrogens (tertiary/aromatic N) is 1. The summed E-state index contributed by atoms with van der Waals surface area (Å²) in [5.41, 5.74) is 0.379. The van der Waals surface area contributed by atoms with Gasteiger partial charge in [0.2, 0.25) is 17.7 Å². The summed E-state index contributed by atoms with van der Waals surface area (Å²) in [6.45, 7) is 15.8. The molecule has 0 bridgehead atoms. The predicted octanol–water partition coefficient (Wildman–Crippen LogP) is 4.31. The van der Waals surface area contributed by atoms with Crippen molar-refractivity contribution in [2.24, 2.45) is 0 Å². The topological polar surface area (TPSA) is 205 Å². The fraction of sp³-hybridized carbons (Fsp3) is 0.566. The van der Waals surface area contributed by atoms with E-state index in [0.717, 1.165) is 17.7 Å². The lowest BCUT2D eigenvalue weighted by atomic mass is 10.0. The summed E-state index contributed by atoms with van der Waals surface area (Å²) in [5, 5.41) is 7.35. The van der Waals surface area contributed by atoms with Crippen LogP contribution in [0.25, 0.3) is 0 Å². The van der Waals surface area contributed by atoms with E-state index in [1.807, 2.05) is 12.1 Å². The SMILES string of the molecule is CC(C)(C)[Si](OCCOCCOCCOCCOCCOCCOCCOCCOCCOCCCCCC(=O)Nc1cccc2c1C(=O)N(C1CCC(=O)NC1=O)C2=O)(c1ccccc1)c1ccccc1. The van der Waals surface area contributed by atoms with Gasteiger partial charge in [0.1, 0.15) is 6.04 Å². The third kappa shape index (κ3) is 18.6. The summed E-state index contributed by atoms with van der Waals surface area (Å²) in [6.07, 6.45) is 2.43. The van der Waals surface area contributed by atoms with Crippen LogP contribution < -0.4 is 21.0 Å². The molecule has 0 spiro atoms. The van der Waals surface area contributed by atoms with Crippen molar-refractivity contribution >= 4 is 53.9 Å². The second kappa shape index (κ2) is 32.4. The number of fused-ring (bicyclic) bond motifs is 1. The minimum atomic E-state index is -2.56. The average Bonchev–Trinajstić information content (AvgIpc) is 3.62. The van der Waals surface area contributed by atoms with Crippen LogP contribution in [0.4, 0.5) is 5.69 Å². The van der Waals surface area contributed by atoms with E-state index in [4.69, 9.17) is 47.1 Å². The number of ether oxygens (including phenoxy) is 9. The molecule has 0 radical (unpaired) electrons. The van der Waals surface area contributed by atoms with Gasteiger partial charge < -0.3 is 52.4 Å². The molecule has 18 nitrogen and oxygen atoms in total. The Hall–Kier alpha value is -4.77. The van der Waals surface area contributed by atoms with Crippen molar-refractivity contribution in [1.29, 1.82) is 0 Å². The van der Waals surface area contributed by atoms with Crippen LogP contribution in [0.5, 0.6) is 0 Å². The van der Waals surface area contributed by atoms with Gasteiger partial charge in [-0.3, -0.25) is 34.2 Å². The van der Waals surface area contributed by atoms with E-state index in [2.05, 4.69) is 79.9 Å². The standard InChI is InChI=1S/C53H75N3O15Si/c1-53(2,3)72(42-14-7-4-8-15-42,43-16-9-5-10-17-43)71-41-40-70-39-38-69-37-36-68-35-34-67-33-32-66-31-30-65-29-28-64-27-26-63-25-24-62-23-12-6-11-20-47(57)54-45-19-13-18-44-49(45)52(61)56(51(44)60)46-21-22-48(58)55-50(46)59/h4-5,7-10,13-19,46H,6,11-12,20-41H2,1-3H3,(H,54,57)(H,55,58,59). The first-order valence-electron chi connectivity index (χ1n) is 25.1. The lowest BCUT2D eigenvalue weighted by Crippen LogP contribution is -2.66. The first-order chi connectivity index (χ1) is 35.0. The molecule has 1 saturated heterocycles. The Morgan fingerprint density at radius 3 is 1.44 bits per heavy atom. The second-order valence-corrected chi connectivity index (χ2v) is 22.4. The highest BCUT2D eigenvalue weighted by Gasteiger charge is 2.50. The molecule has 19 heteroatoms. The quantitative estimate of drug-likeness (QED) is 0.0467. The van der Waals surface area contributed by atoms with Crippen LogP contribution in [-0.2, 0) is 61.4 Å². The number of hydrogen-bond acceptors (Lipinski definition) is 15. The molecule has 3 aromatic carbocycles. The van der Waals surface area contributed by atoms with Crippen molar-refractivity contribution in [2.75, 3.05) is 131 Å². The maximum absolute atomic E-state index is 13.2. The zero-order valence-electron chi connectivity index (χ0n) is 42.3. The highest BCUT2D eigenvalue weighted by molar-refractivity contribution is 6.99. The van der Waals surface area contributed by atoms with Gasteiger partial charge in [-0.1, -0.05) is 93.9 Å². The van der Waals surface area contributed by atoms with E-state index in [-0.39, 0.29) is 47.0 Å². The van der Waals surface area contributed by atoms with Gasteiger partial charge in [0.25, 0.3) is 20.1 Å². The molecule has 72 heavy (non-hydrogen) atoms. The van der Waals surface area contributed by atoms with Crippen LogP contribution in [0.3, 0.4) is 0 Å². The zero-order chi connectivity index (χ0) is 51.3. The number of imide groups is 2. The van der Waals surface area contributed by atoms with Crippen molar-refractivity contribution in [1.82, 2.24) is 10.2 Å². The van der Waals surface area contributed by atoms with Gasteiger partial charge in [-0.2, -0.15) is 0 Å². The predicted molar refractivity (Wildman–Crippen MR) is 271 cm³/mol. The average molecular weight is 1020 g/mol. The molecule has 5 rings (SSSR count). The molecule has 2 heterocycles. The van der Waals surface area contributed by atoms with Crippen molar-refractivity contribution in [3.05, 3.63) is 90.0 Å². The molecular weight excluding hydrogens is 947 g/mol. The minimum Gasteiger partial charge on any atom is -0.405 e. The normalized spacial score (nSPS) is 15.0. The zero-order valence-corrected chi connectivity index (χ0v) is 43.3. The number of benzene rings is 3. The number of amides is 5. The Balaban J connectivity index is 0.729. The molecule has 396 valence electrons. The first kappa shape index (κ1) is 58.1. The van der Waals surface area contributed by atoms with Crippen LogP contribution >= 0.6 is 0 Å². The number of carbonyl (C=O) groups is 5. The van der Waals surface area contributed by atoms with Crippen molar-refractivity contribution < 1.29 is 71.0 Å². The molecule has 3 aromatic rings. The summed E-state index contributed by atoms with van der Waals surface area (Å²) >= 11 is 0. The van der Waals surface area contributed by atoms with E-state index in [9.17, 15) is 24.0 Å².